The molecule has 1 aromatic heterocycles. The molecule has 10 nitrogen and oxygen atoms in total. The fourth-order valence-corrected chi connectivity index (χ4v) is 5.19. The van der Waals surface area contributed by atoms with E-state index in [1.165, 1.54) is 21.3 Å². The predicted molar refractivity (Wildman–Crippen MR) is 136 cm³/mol. The summed E-state index contributed by atoms with van der Waals surface area (Å²) in [4.78, 5) is 31.2. The van der Waals surface area contributed by atoms with Crippen LogP contribution in [-0.4, -0.2) is 43.4 Å². The molecule has 1 atom stereocenters. The summed E-state index contributed by atoms with van der Waals surface area (Å²) in [7, 11) is 4.35. The third kappa shape index (κ3) is 4.48. The molecule has 186 valence electrons. The minimum atomic E-state index is -0.826. The summed E-state index contributed by atoms with van der Waals surface area (Å²) in [6.07, 6.45) is -0.0790. The van der Waals surface area contributed by atoms with Gasteiger partial charge in [0.1, 0.15) is 28.5 Å². The Balaban J connectivity index is 1.83. The number of aromatic nitrogens is 1. The van der Waals surface area contributed by atoms with E-state index in [-0.39, 0.29) is 39.9 Å². The summed E-state index contributed by atoms with van der Waals surface area (Å²) >= 11 is 0.960. The Hall–Kier alpha value is -4.74. The van der Waals surface area contributed by atoms with Gasteiger partial charge >= 0.3 is 0 Å². The number of nitrogens with two attached hydrogens (primary N) is 1. The van der Waals surface area contributed by atoms with Gasteiger partial charge in [0, 0.05) is 12.0 Å². The standard InChI is InChI=1S/C26H21N5O5S/c1-34-18-9-14(10-19(35-2)23(18)36-3)22-16(12-27)24(29)30-25(17(22)13-28)37-20-11-21(32)31(26(20)33)15-7-5-4-6-8-15/h4-10,20H,11H2,1-3H3,(H2,29,30)/t20-/m0/s1. The number of thioether (sulfide) groups is 1. The quantitative estimate of drug-likeness (QED) is 0.463. The first kappa shape index (κ1) is 25.4. The zero-order chi connectivity index (χ0) is 26.7. The minimum Gasteiger partial charge on any atom is -0.493 e. The lowest BCUT2D eigenvalue weighted by atomic mass is 9.96. The number of ether oxygens (including phenoxy) is 3. The Kier molecular flexibility index (Phi) is 7.18. The lowest BCUT2D eigenvalue weighted by molar-refractivity contribution is -0.121. The van der Waals surface area contributed by atoms with E-state index in [1.54, 1.807) is 42.5 Å². The fourth-order valence-electron chi connectivity index (χ4n) is 4.08. The number of imide groups is 1. The highest BCUT2D eigenvalue weighted by Gasteiger charge is 2.41. The van der Waals surface area contributed by atoms with Crippen molar-refractivity contribution in [1.82, 2.24) is 4.98 Å². The summed E-state index contributed by atoms with van der Waals surface area (Å²) in [5.74, 6) is 0.0410. The molecule has 0 bridgehead atoms. The van der Waals surface area contributed by atoms with E-state index in [9.17, 15) is 20.1 Å². The SMILES string of the molecule is COc1cc(-c2c(C#N)c(N)nc(S[C@H]3CC(=O)N(c4ccccc4)C3=O)c2C#N)cc(OC)c1OC. The van der Waals surface area contributed by atoms with Gasteiger partial charge in [0.15, 0.2) is 11.5 Å². The first-order valence-corrected chi connectivity index (χ1v) is 11.8. The van der Waals surface area contributed by atoms with Crippen molar-refractivity contribution in [3.05, 3.63) is 53.6 Å². The lowest BCUT2D eigenvalue weighted by Gasteiger charge is -2.18. The summed E-state index contributed by atoms with van der Waals surface area (Å²) < 4.78 is 16.2. The molecule has 1 aliphatic rings. The number of hydrogen-bond acceptors (Lipinski definition) is 10. The Morgan fingerprint density at radius 2 is 1.62 bits per heavy atom. The average Bonchev–Trinajstić information content (AvgIpc) is 3.19. The molecule has 3 aromatic rings. The molecule has 2 heterocycles. The smallest absolute Gasteiger partial charge is 0.247 e. The molecule has 1 aliphatic heterocycles. The van der Waals surface area contributed by atoms with Crippen LogP contribution in [0, 0.1) is 22.7 Å². The summed E-state index contributed by atoms with van der Waals surface area (Å²) in [6, 6.07) is 15.9. The predicted octanol–water partition coefficient (Wildman–Crippen LogP) is 3.52. The Morgan fingerprint density at radius 1 is 1.00 bits per heavy atom. The molecule has 4 rings (SSSR count). The second-order valence-corrected chi connectivity index (χ2v) is 8.97. The van der Waals surface area contributed by atoms with Gasteiger partial charge in [-0.05, 0) is 29.8 Å². The highest BCUT2D eigenvalue weighted by Crippen LogP contribution is 2.45. The maximum atomic E-state index is 13.2. The number of pyridine rings is 1. The van der Waals surface area contributed by atoms with Crippen LogP contribution in [0.4, 0.5) is 11.5 Å². The van der Waals surface area contributed by atoms with Crippen LogP contribution in [-0.2, 0) is 9.59 Å². The van der Waals surface area contributed by atoms with Crippen molar-refractivity contribution in [2.45, 2.75) is 16.7 Å². The zero-order valence-corrected chi connectivity index (χ0v) is 21.0. The number of carbonyl (C=O) groups excluding carboxylic acids is 2. The van der Waals surface area contributed by atoms with Gasteiger partial charge in [-0.25, -0.2) is 9.88 Å². The number of methoxy groups -OCH3 is 3. The molecule has 2 amide bonds. The van der Waals surface area contributed by atoms with Gasteiger partial charge in [0.2, 0.25) is 17.6 Å². The number of rotatable bonds is 7. The van der Waals surface area contributed by atoms with Crippen LogP contribution in [0.5, 0.6) is 17.2 Å². The van der Waals surface area contributed by atoms with E-state index < -0.39 is 11.2 Å². The molecule has 2 N–H and O–H groups in total. The molecule has 37 heavy (non-hydrogen) atoms. The first-order valence-electron chi connectivity index (χ1n) is 10.9. The molecule has 11 heteroatoms. The van der Waals surface area contributed by atoms with E-state index in [4.69, 9.17) is 19.9 Å². The van der Waals surface area contributed by atoms with E-state index in [1.807, 2.05) is 6.07 Å². The van der Waals surface area contributed by atoms with E-state index in [0.29, 0.717) is 28.5 Å². The Labute approximate surface area is 217 Å². The topological polar surface area (TPSA) is 152 Å². The molecule has 0 saturated carbocycles. The first-order chi connectivity index (χ1) is 17.9. The van der Waals surface area contributed by atoms with Crippen LogP contribution < -0.4 is 24.8 Å². The number of nitrogen functional groups attached to an aromatic ring is 1. The monoisotopic (exact) mass is 515 g/mol. The third-order valence-corrected chi connectivity index (χ3v) is 6.91. The Bertz CT molecular complexity index is 1450. The summed E-state index contributed by atoms with van der Waals surface area (Å²) in [5, 5.41) is 19.3. The fraction of sp³-hybridized carbons (Fsp3) is 0.192. The molecule has 2 aromatic carbocycles. The largest absolute Gasteiger partial charge is 0.493 e. The maximum absolute atomic E-state index is 13.2. The van der Waals surface area contributed by atoms with Crippen LogP contribution in [0.15, 0.2) is 47.5 Å². The molecular formula is C26H21N5O5S. The van der Waals surface area contributed by atoms with Crippen molar-refractivity contribution in [1.29, 1.82) is 10.5 Å². The van der Waals surface area contributed by atoms with Crippen molar-refractivity contribution in [2.24, 2.45) is 0 Å². The number of nitriles is 2. The number of carbonyl (C=O) groups is 2. The number of para-hydroxylation sites is 1. The molecule has 1 fully saturated rings. The van der Waals surface area contributed by atoms with E-state index >= 15 is 0 Å². The van der Waals surface area contributed by atoms with Crippen LogP contribution in [0.25, 0.3) is 11.1 Å². The van der Waals surface area contributed by atoms with Gasteiger partial charge < -0.3 is 19.9 Å². The second-order valence-electron chi connectivity index (χ2n) is 7.78. The second kappa shape index (κ2) is 10.5. The molecule has 0 radical (unpaired) electrons. The maximum Gasteiger partial charge on any atom is 0.247 e. The highest BCUT2D eigenvalue weighted by molar-refractivity contribution is 8.00. The minimum absolute atomic E-state index is 0.0186. The van der Waals surface area contributed by atoms with Crippen LogP contribution >= 0.6 is 11.8 Å². The number of benzene rings is 2. The van der Waals surface area contributed by atoms with Gasteiger partial charge in [-0.3, -0.25) is 9.59 Å². The molecular weight excluding hydrogens is 494 g/mol. The molecule has 0 spiro atoms. The van der Waals surface area contributed by atoms with Gasteiger partial charge in [-0.1, -0.05) is 30.0 Å². The molecule has 1 saturated heterocycles. The Morgan fingerprint density at radius 3 is 2.16 bits per heavy atom. The molecule has 0 unspecified atom stereocenters. The van der Waals surface area contributed by atoms with Crippen LogP contribution in [0.2, 0.25) is 0 Å². The van der Waals surface area contributed by atoms with Crippen molar-refractivity contribution >= 4 is 35.1 Å². The number of nitrogens with zero attached hydrogens (tertiary/aromatic N) is 4. The number of anilines is 2. The van der Waals surface area contributed by atoms with Crippen molar-refractivity contribution < 1.29 is 23.8 Å². The van der Waals surface area contributed by atoms with Gasteiger partial charge in [-0.15, -0.1) is 0 Å². The van der Waals surface area contributed by atoms with Crippen LogP contribution in [0.1, 0.15) is 17.5 Å². The van der Waals surface area contributed by atoms with Gasteiger partial charge in [0.05, 0.1) is 37.8 Å². The normalized spacial score (nSPS) is 14.7. The lowest BCUT2D eigenvalue weighted by Crippen LogP contribution is -2.31. The van der Waals surface area contributed by atoms with Crippen molar-refractivity contribution in [3.63, 3.8) is 0 Å². The van der Waals surface area contributed by atoms with Gasteiger partial charge in [-0.2, -0.15) is 10.5 Å². The number of amides is 2. The average molecular weight is 516 g/mol. The summed E-state index contributed by atoms with van der Waals surface area (Å²) in [5.41, 5.74) is 7.22. The van der Waals surface area contributed by atoms with E-state index in [2.05, 4.69) is 11.1 Å². The molecule has 0 aliphatic carbocycles. The summed E-state index contributed by atoms with van der Waals surface area (Å²) in [6.45, 7) is 0. The van der Waals surface area contributed by atoms with Crippen molar-refractivity contribution in [3.8, 4) is 40.5 Å². The van der Waals surface area contributed by atoms with E-state index in [0.717, 1.165) is 16.7 Å². The third-order valence-electron chi connectivity index (χ3n) is 5.74. The van der Waals surface area contributed by atoms with Crippen LogP contribution in [0.3, 0.4) is 0 Å². The highest BCUT2D eigenvalue weighted by atomic mass is 32.2. The number of hydrogen-bond donors (Lipinski definition) is 1. The van der Waals surface area contributed by atoms with Gasteiger partial charge in [0.25, 0.3) is 0 Å². The van der Waals surface area contributed by atoms with Crippen molar-refractivity contribution in [2.75, 3.05) is 32.0 Å². The zero-order valence-electron chi connectivity index (χ0n) is 20.1.